The van der Waals surface area contributed by atoms with E-state index in [1.165, 1.54) is 22.5 Å². The summed E-state index contributed by atoms with van der Waals surface area (Å²) in [6, 6.07) is 15.4. The number of carbonyl (C=O) groups excluding carboxylic acids is 1. The quantitative estimate of drug-likeness (QED) is 0.568. The number of nitrogens with two attached hydrogens (primary N) is 1. The Morgan fingerprint density at radius 1 is 1.14 bits per heavy atom. The lowest BCUT2D eigenvalue weighted by molar-refractivity contribution is -0.111. The highest BCUT2D eigenvalue weighted by molar-refractivity contribution is 7.14. The predicted octanol–water partition coefficient (Wildman–Crippen LogP) is 5.34. The molecule has 1 atom stereocenters. The Hall–Kier alpha value is -2.63. The minimum Gasteiger partial charge on any atom is -0.478 e. The van der Waals surface area contributed by atoms with Crippen molar-refractivity contribution in [3.8, 4) is 11.1 Å². The van der Waals surface area contributed by atoms with Gasteiger partial charge in [-0.15, -0.1) is 11.3 Å². The highest BCUT2D eigenvalue weighted by atomic mass is 35.5. The van der Waals surface area contributed by atoms with E-state index < -0.39 is 5.97 Å². The molecule has 0 radical (unpaired) electrons. The number of carboxylic acid groups (broad SMARTS) is 1. The molecule has 2 aromatic carbocycles. The predicted molar refractivity (Wildman–Crippen MR) is 114 cm³/mol. The second kappa shape index (κ2) is 9.04. The molecule has 0 amide bonds. The fraction of sp³-hybridized carbons (Fsp3) is 0.182. The monoisotopic (exact) mass is 413 g/mol. The van der Waals surface area contributed by atoms with Crippen molar-refractivity contribution in [2.45, 2.75) is 19.3 Å². The highest BCUT2D eigenvalue weighted by Gasteiger charge is 2.18. The second-order valence-corrected chi connectivity index (χ2v) is 7.96. The van der Waals surface area contributed by atoms with Crippen LogP contribution in [0.4, 0.5) is 5.00 Å². The Morgan fingerprint density at radius 2 is 1.82 bits per heavy atom. The lowest BCUT2D eigenvalue weighted by Gasteiger charge is -2.19. The molecule has 0 fully saturated rings. The maximum Gasteiger partial charge on any atom is 0.339 e. The number of hydrogen-bond donors (Lipinski definition) is 2. The molecule has 0 aliphatic heterocycles. The van der Waals surface area contributed by atoms with Crippen LogP contribution in [0, 0.1) is 5.92 Å². The number of aldehydes is 1. The molecule has 4 rings (SSSR count). The topological polar surface area (TPSA) is 80.4 Å². The van der Waals surface area contributed by atoms with Crippen LogP contribution in [0.3, 0.4) is 0 Å². The van der Waals surface area contributed by atoms with Gasteiger partial charge in [0.2, 0.25) is 0 Å². The normalized spacial score (nSPS) is 15.1. The first-order valence-corrected chi connectivity index (χ1v) is 10.1. The van der Waals surface area contributed by atoms with Gasteiger partial charge in [0.05, 0.1) is 0 Å². The van der Waals surface area contributed by atoms with Gasteiger partial charge in [-0.1, -0.05) is 48.0 Å². The van der Waals surface area contributed by atoms with E-state index in [0.717, 1.165) is 31.1 Å². The van der Waals surface area contributed by atoms with E-state index in [-0.39, 0.29) is 11.5 Å². The van der Waals surface area contributed by atoms with Gasteiger partial charge in [0.1, 0.15) is 16.9 Å². The van der Waals surface area contributed by atoms with Gasteiger partial charge in [-0.05, 0) is 48.1 Å². The molecule has 28 heavy (non-hydrogen) atoms. The SMILES string of the molecule is Nc1scc(-c2ccc(Cl)cc2)c1C(=O)O.O=CC1CCc2ccccc2C1. The van der Waals surface area contributed by atoms with E-state index in [2.05, 4.69) is 18.2 Å². The van der Waals surface area contributed by atoms with Crippen LogP contribution >= 0.6 is 22.9 Å². The van der Waals surface area contributed by atoms with Gasteiger partial charge in [0.15, 0.2) is 0 Å². The highest BCUT2D eigenvalue weighted by Crippen LogP contribution is 2.34. The number of aryl methyl sites for hydroxylation is 1. The zero-order valence-electron chi connectivity index (χ0n) is 15.1. The molecule has 144 valence electrons. The Labute approximate surface area is 172 Å². The molecular formula is C22H20ClNO3S. The number of rotatable bonds is 3. The van der Waals surface area contributed by atoms with Gasteiger partial charge in [0, 0.05) is 21.9 Å². The summed E-state index contributed by atoms with van der Waals surface area (Å²) in [5.74, 6) is -0.747. The van der Waals surface area contributed by atoms with E-state index in [1.807, 2.05) is 6.07 Å². The number of hydrogen-bond acceptors (Lipinski definition) is 4. The molecule has 0 saturated heterocycles. The zero-order chi connectivity index (χ0) is 20.1. The van der Waals surface area contributed by atoms with Crippen molar-refractivity contribution >= 4 is 40.2 Å². The first-order chi connectivity index (χ1) is 13.5. The van der Waals surface area contributed by atoms with Gasteiger partial charge in [-0.2, -0.15) is 0 Å². The molecular weight excluding hydrogens is 394 g/mol. The fourth-order valence-electron chi connectivity index (χ4n) is 3.28. The molecule has 0 spiro atoms. The maximum absolute atomic E-state index is 11.0. The van der Waals surface area contributed by atoms with Crippen LogP contribution in [-0.4, -0.2) is 17.4 Å². The van der Waals surface area contributed by atoms with Crippen molar-refractivity contribution in [3.63, 3.8) is 0 Å². The Balaban J connectivity index is 0.000000167. The van der Waals surface area contributed by atoms with Crippen molar-refractivity contribution in [2.24, 2.45) is 5.92 Å². The number of halogens is 1. The summed E-state index contributed by atoms with van der Waals surface area (Å²) < 4.78 is 0. The largest absolute Gasteiger partial charge is 0.478 e. The smallest absolute Gasteiger partial charge is 0.339 e. The molecule has 0 saturated carbocycles. The molecule has 3 aromatic rings. The second-order valence-electron chi connectivity index (χ2n) is 6.61. The number of benzene rings is 2. The molecule has 3 N–H and O–H groups in total. The molecule has 1 aromatic heterocycles. The number of carbonyl (C=O) groups is 2. The van der Waals surface area contributed by atoms with E-state index in [1.54, 1.807) is 29.6 Å². The first-order valence-electron chi connectivity index (χ1n) is 8.88. The van der Waals surface area contributed by atoms with Crippen LogP contribution in [-0.2, 0) is 17.6 Å². The molecule has 1 unspecified atom stereocenters. The number of fused-ring (bicyclic) bond motifs is 1. The number of anilines is 1. The average Bonchev–Trinajstić information content (AvgIpc) is 3.10. The molecule has 4 nitrogen and oxygen atoms in total. The number of nitrogen functional groups attached to an aromatic ring is 1. The van der Waals surface area contributed by atoms with Crippen LogP contribution in [0.1, 0.15) is 27.9 Å². The maximum atomic E-state index is 11.0. The van der Waals surface area contributed by atoms with Crippen LogP contribution in [0.5, 0.6) is 0 Å². The van der Waals surface area contributed by atoms with Gasteiger partial charge >= 0.3 is 5.97 Å². The number of carboxylic acids is 1. The molecule has 0 bridgehead atoms. The van der Waals surface area contributed by atoms with Crippen LogP contribution in [0.25, 0.3) is 11.1 Å². The van der Waals surface area contributed by atoms with Crippen molar-refractivity contribution in [2.75, 3.05) is 5.73 Å². The van der Waals surface area contributed by atoms with Crippen molar-refractivity contribution in [3.05, 3.63) is 75.6 Å². The molecule has 1 heterocycles. The van der Waals surface area contributed by atoms with E-state index in [0.29, 0.717) is 15.6 Å². The first kappa shape index (κ1) is 20.1. The number of aromatic carboxylic acids is 1. The van der Waals surface area contributed by atoms with E-state index >= 15 is 0 Å². The lowest BCUT2D eigenvalue weighted by Crippen LogP contribution is -2.14. The fourth-order valence-corrected chi connectivity index (χ4v) is 4.22. The molecule has 1 aliphatic rings. The van der Waals surface area contributed by atoms with Crippen LogP contribution in [0.15, 0.2) is 53.9 Å². The third kappa shape index (κ3) is 4.61. The zero-order valence-corrected chi connectivity index (χ0v) is 16.7. The summed E-state index contributed by atoms with van der Waals surface area (Å²) in [6.45, 7) is 0. The summed E-state index contributed by atoms with van der Waals surface area (Å²) in [4.78, 5) is 21.6. The third-order valence-corrected chi connectivity index (χ3v) is 5.83. The third-order valence-electron chi connectivity index (χ3n) is 4.77. The summed E-state index contributed by atoms with van der Waals surface area (Å²) >= 11 is 6.99. The lowest BCUT2D eigenvalue weighted by atomic mass is 9.85. The van der Waals surface area contributed by atoms with Crippen LogP contribution < -0.4 is 5.73 Å². The van der Waals surface area contributed by atoms with Gasteiger partial charge in [0.25, 0.3) is 0 Å². The van der Waals surface area contributed by atoms with Gasteiger partial charge in [-0.3, -0.25) is 0 Å². The summed E-state index contributed by atoms with van der Waals surface area (Å²) in [5.41, 5.74) is 10.0. The molecule has 1 aliphatic carbocycles. The van der Waals surface area contributed by atoms with Crippen molar-refractivity contribution in [1.82, 2.24) is 0 Å². The minimum atomic E-state index is -1.01. The van der Waals surface area contributed by atoms with Gasteiger partial charge in [-0.25, -0.2) is 4.79 Å². The Kier molecular flexibility index (Phi) is 6.49. The standard InChI is InChI=1S/C11H8ClNO2S.C11H12O/c12-7-3-1-6(2-4-7)8-5-16-10(13)9(8)11(14)15;12-8-9-5-6-10-3-1-2-4-11(10)7-9/h1-5H,13H2,(H,14,15);1-4,8-9H,5-7H2. The summed E-state index contributed by atoms with van der Waals surface area (Å²) in [7, 11) is 0. The Morgan fingerprint density at radius 3 is 2.46 bits per heavy atom. The Bertz CT molecular complexity index is 982. The van der Waals surface area contributed by atoms with Crippen molar-refractivity contribution in [1.29, 1.82) is 0 Å². The average molecular weight is 414 g/mol. The van der Waals surface area contributed by atoms with Crippen molar-refractivity contribution < 1.29 is 14.7 Å². The van der Waals surface area contributed by atoms with Crippen LogP contribution in [0.2, 0.25) is 5.02 Å². The molecule has 6 heteroatoms. The summed E-state index contributed by atoms with van der Waals surface area (Å²) in [6.07, 6.45) is 4.13. The van der Waals surface area contributed by atoms with Gasteiger partial charge < -0.3 is 15.6 Å². The van der Waals surface area contributed by atoms with E-state index in [4.69, 9.17) is 22.4 Å². The summed E-state index contributed by atoms with van der Waals surface area (Å²) in [5, 5.41) is 11.7. The van der Waals surface area contributed by atoms with E-state index in [9.17, 15) is 9.59 Å². The minimum absolute atomic E-state index is 0.160. The number of thiophene rings is 1.